The minimum atomic E-state index is -0.819. The molecular formula is C20H25N3O3. The molecule has 6 nitrogen and oxygen atoms in total. The van der Waals surface area contributed by atoms with E-state index >= 15 is 0 Å². The standard InChI is InChI=1S/C20H25N3O3/c1-2-12-21-20(26)16-8-10-18(22-14-16)23-17(9-11-19(24)25)13-15-6-4-3-5-7-15/h3-8,10,14,17H,2,9,11-13H2,1H3,(H,21,26)(H,22,23)(H,24,25). The Bertz CT molecular complexity index is 702. The molecule has 0 saturated carbocycles. The molecule has 0 aliphatic rings. The molecule has 0 fully saturated rings. The number of carbonyl (C=O) groups excluding carboxylic acids is 1. The molecule has 3 N–H and O–H groups in total. The highest BCUT2D eigenvalue weighted by molar-refractivity contribution is 5.94. The van der Waals surface area contributed by atoms with E-state index in [1.165, 1.54) is 6.20 Å². The second-order valence-electron chi connectivity index (χ2n) is 6.15. The third kappa shape index (κ3) is 6.55. The third-order valence-electron chi connectivity index (χ3n) is 3.94. The number of amides is 1. The minimum Gasteiger partial charge on any atom is -0.481 e. The number of nitrogens with zero attached hydrogens (tertiary/aromatic N) is 1. The van der Waals surface area contributed by atoms with Gasteiger partial charge in [0.15, 0.2) is 0 Å². The van der Waals surface area contributed by atoms with Crippen molar-refractivity contribution in [2.24, 2.45) is 0 Å². The predicted molar refractivity (Wildman–Crippen MR) is 101 cm³/mol. The first-order chi connectivity index (χ1) is 12.6. The highest BCUT2D eigenvalue weighted by Crippen LogP contribution is 2.14. The molecule has 0 radical (unpaired) electrons. The van der Waals surface area contributed by atoms with Crippen molar-refractivity contribution in [1.29, 1.82) is 0 Å². The molecule has 0 saturated heterocycles. The lowest BCUT2D eigenvalue weighted by Crippen LogP contribution is -2.25. The first kappa shape index (κ1) is 19.4. The van der Waals surface area contributed by atoms with Gasteiger partial charge in [-0.2, -0.15) is 0 Å². The second kappa shape index (κ2) is 10.2. The molecule has 1 heterocycles. The van der Waals surface area contributed by atoms with Crippen LogP contribution in [0.5, 0.6) is 0 Å². The maximum atomic E-state index is 11.9. The fourth-order valence-corrected chi connectivity index (χ4v) is 2.58. The van der Waals surface area contributed by atoms with Gasteiger partial charge in [0.2, 0.25) is 0 Å². The average Bonchev–Trinajstić information content (AvgIpc) is 2.65. The maximum Gasteiger partial charge on any atom is 0.303 e. The second-order valence-corrected chi connectivity index (χ2v) is 6.15. The quantitative estimate of drug-likeness (QED) is 0.609. The Morgan fingerprint density at radius 3 is 2.54 bits per heavy atom. The van der Waals surface area contributed by atoms with Crippen molar-refractivity contribution in [1.82, 2.24) is 10.3 Å². The fourth-order valence-electron chi connectivity index (χ4n) is 2.58. The molecule has 26 heavy (non-hydrogen) atoms. The van der Waals surface area contributed by atoms with Crippen LogP contribution in [0.2, 0.25) is 0 Å². The monoisotopic (exact) mass is 355 g/mol. The summed E-state index contributed by atoms with van der Waals surface area (Å²) in [6, 6.07) is 13.3. The number of aromatic nitrogens is 1. The normalized spacial score (nSPS) is 11.6. The van der Waals surface area contributed by atoms with Crippen molar-refractivity contribution in [2.75, 3.05) is 11.9 Å². The number of benzene rings is 1. The van der Waals surface area contributed by atoms with Crippen LogP contribution in [0.15, 0.2) is 48.7 Å². The van der Waals surface area contributed by atoms with Crippen LogP contribution in [0.1, 0.15) is 42.1 Å². The molecule has 1 atom stereocenters. The van der Waals surface area contributed by atoms with Crippen molar-refractivity contribution in [3.63, 3.8) is 0 Å². The van der Waals surface area contributed by atoms with Crippen LogP contribution in [0.25, 0.3) is 0 Å². The molecular weight excluding hydrogens is 330 g/mol. The third-order valence-corrected chi connectivity index (χ3v) is 3.94. The average molecular weight is 355 g/mol. The van der Waals surface area contributed by atoms with Crippen LogP contribution < -0.4 is 10.6 Å². The van der Waals surface area contributed by atoms with Gasteiger partial charge in [0.05, 0.1) is 5.56 Å². The van der Waals surface area contributed by atoms with Gasteiger partial charge in [-0.15, -0.1) is 0 Å². The fraction of sp³-hybridized carbons (Fsp3) is 0.350. The largest absolute Gasteiger partial charge is 0.481 e. The van der Waals surface area contributed by atoms with E-state index < -0.39 is 5.97 Å². The number of carboxylic acid groups (broad SMARTS) is 1. The van der Waals surface area contributed by atoms with Crippen LogP contribution in [0.4, 0.5) is 5.82 Å². The van der Waals surface area contributed by atoms with Crippen molar-refractivity contribution in [2.45, 2.75) is 38.6 Å². The molecule has 1 aromatic heterocycles. The zero-order chi connectivity index (χ0) is 18.8. The summed E-state index contributed by atoms with van der Waals surface area (Å²) in [4.78, 5) is 27.1. The molecule has 1 amide bonds. The Balaban J connectivity index is 2.01. The van der Waals surface area contributed by atoms with Crippen molar-refractivity contribution < 1.29 is 14.7 Å². The predicted octanol–water partition coefficient (Wildman–Crippen LogP) is 3.11. The number of rotatable bonds is 10. The first-order valence-electron chi connectivity index (χ1n) is 8.85. The summed E-state index contributed by atoms with van der Waals surface area (Å²) in [6.45, 7) is 2.63. The van der Waals surface area contributed by atoms with E-state index in [-0.39, 0.29) is 18.4 Å². The van der Waals surface area contributed by atoms with Crippen molar-refractivity contribution in [3.05, 3.63) is 59.8 Å². The Hall–Kier alpha value is -2.89. The molecule has 0 bridgehead atoms. The van der Waals surface area contributed by atoms with Crippen LogP contribution in [0, 0.1) is 0 Å². The number of hydrogen-bond donors (Lipinski definition) is 3. The first-order valence-corrected chi connectivity index (χ1v) is 8.85. The Labute approximate surface area is 153 Å². The van der Waals surface area contributed by atoms with Gasteiger partial charge in [-0.25, -0.2) is 4.98 Å². The number of carbonyl (C=O) groups is 2. The Kier molecular flexibility index (Phi) is 7.61. The zero-order valence-corrected chi connectivity index (χ0v) is 14.9. The van der Waals surface area contributed by atoms with E-state index in [4.69, 9.17) is 5.11 Å². The van der Waals surface area contributed by atoms with Gasteiger partial charge in [0.1, 0.15) is 5.82 Å². The number of pyridine rings is 1. The number of aliphatic carboxylic acids is 1. The van der Waals surface area contributed by atoms with Gasteiger partial charge in [-0.3, -0.25) is 9.59 Å². The van der Waals surface area contributed by atoms with Gasteiger partial charge < -0.3 is 15.7 Å². The zero-order valence-electron chi connectivity index (χ0n) is 14.9. The van der Waals surface area contributed by atoms with E-state index in [9.17, 15) is 9.59 Å². The summed E-state index contributed by atoms with van der Waals surface area (Å²) < 4.78 is 0. The molecule has 0 spiro atoms. The van der Waals surface area contributed by atoms with Gasteiger partial charge in [-0.1, -0.05) is 37.3 Å². The van der Waals surface area contributed by atoms with Gasteiger partial charge in [-0.05, 0) is 37.0 Å². The topological polar surface area (TPSA) is 91.3 Å². The van der Waals surface area contributed by atoms with E-state index in [0.29, 0.717) is 30.8 Å². The van der Waals surface area contributed by atoms with Gasteiger partial charge in [0.25, 0.3) is 5.91 Å². The number of nitrogens with one attached hydrogen (secondary N) is 2. The molecule has 6 heteroatoms. The highest BCUT2D eigenvalue weighted by Gasteiger charge is 2.13. The number of hydrogen-bond acceptors (Lipinski definition) is 4. The Morgan fingerprint density at radius 1 is 1.15 bits per heavy atom. The molecule has 0 aliphatic heterocycles. The summed E-state index contributed by atoms with van der Waals surface area (Å²) in [5.41, 5.74) is 1.64. The molecule has 1 aromatic carbocycles. The lowest BCUT2D eigenvalue weighted by molar-refractivity contribution is -0.137. The minimum absolute atomic E-state index is 0.0548. The van der Waals surface area contributed by atoms with Crippen molar-refractivity contribution >= 4 is 17.7 Å². The molecule has 0 aliphatic carbocycles. The Morgan fingerprint density at radius 2 is 1.92 bits per heavy atom. The van der Waals surface area contributed by atoms with Gasteiger partial charge >= 0.3 is 5.97 Å². The van der Waals surface area contributed by atoms with E-state index in [1.807, 2.05) is 37.3 Å². The van der Waals surface area contributed by atoms with E-state index in [1.54, 1.807) is 12.1 Å². The van der Waals surface area contributed by atoms with E-state index in [0.717, 1.165) is 12.0 Å². The van der Waals surface area contributed by atoms with Crippen LogP contribution in [0.3, 0.4) is 0 Å². The van der Waals surface area contributed by atoms with Crippen molar-refractivity contribution in [3.8, 4) is 0 Å². The summed E-state index contributed by atoms with van der Waals surface area (Å²) in [7, 11) is 0. The van der Waals surface area contributed by atoms with Crippen LogP contribution >= 0.6 is 0 Å². The maximum absolute atomic E-state index is 11.9. The lowest BCUT2D eigenvalue weighted by atomic mass is 10.0. The summed E-state index contributed by atoms with van der Waals surface area (Å²) in [6.07, 6.45) is 3.69. The highest BCUT2D eigenvalue weighted by atomic mass is 16.4. The molecule has 2 rings (SSSR count). The molecule has 2 aromatic rings. The number of anilines is 1. The number of carboxylic acids is 1. The van der Waals surface area contributed by atoms with Crippen LogP contribution in [-0.4, -0.2) is 34.6 Å². The molecule has 138 valence electrons. The summed E-state index contributed by atoms with van der Waals surface area (Å²) in [5.74, 6) is -0.332. The lowest BCUT2D eigenvalue weighted by Gasteiger charge is -2.19. The summed E-state index contributed by atoms with van der Waals surface area (Å²) >= 11 is 0. The molecule has 1 unspecified atom stereocenters. The summed E-state index contributed by atoms with van der Waals surface area (Å²) in [5, 5.41) is 15.1. The van der Waals surface area contributed by atoms with Gasteiger partial charge in [0, 0.05) is 25.2 Å². The van der Waals surface area contributed by atoms with Crippen LogP contribution in [-0.2, 0) is 11.2 Å². The SMILES string of the molecule is CCCNC(=O)c1ccc(NC(CCC(=O)O)Cc2ccccc2)nc1. The van der Waals surface area contributed by atoms with E-state index in [2.05, 4.69) is 15.6 Å². The smallest absolute Gasteiger partial charge is 0.303 e.